The highest BCUT2D eigenvalue weighted by Gasteiger charge is 2.37. The van der Waals surface area contributed by atoms with Crippen molar-refractivity contribution in [1.29, 1.82) is 0 Å². The van der Waals surface area contributed by atoms with Gasteiger partial charge in [-0.2, -0.15) is 0 Å². The molecule has 0 spiro atoms. The third-order valence-corrected chi connectivity index (χ3v) is 4.17. The van der Waals surface area contributed by atoms with E-state index in [1.807, 2.05) is 0 Å². The number of rotatable bonds is 3. The Bertz CT molecular complexity index is 1080. The Morgan fingerprint density at radius 3 is 2.60 bits per heavy atom. The number of benzene rings is 1. The molecule has 3 heterocycles. The average Bonchev–Trinajstić information content (AvgIpc) is 3.08. The minimum atomic E-state index is -0.605. The van der Waals surface area contributed by atoms with Crippen LogP contribution in [0.25, 0.3) is 5.65 Å². The van der Waals surface area contributed by atoms with Gasteiger partial charge in [-0.3, -0.25) is 24.6 Å². The smallest absolute Gasteiger partial charge is 0.270 e. The van der Waals surface area contributed by atoms with Gasteiger partial charge in [0.05, 0.1) is 33.3 Å². The number of aromatic nitrogens is 2. The molecule has 1 aliphatic heterocycles. The molecule has 0 fully saturated rings. The number of carbonyl (C=O) groups is 2. The molecule has 3 aromatic rings. The Labute approximate surface area is 145 Å². The van der Waals surface area contributed by atoms with Crippen LogP contribution in [0.1, 0.15) is 26.4 Å². The number of amides is 2. The summed E-state index contributed by atoms with van der Waals surface area (Å²) < 4.78 is 1.70. The third-order valence-electron chi connectivity index (χ3n) is 3.95. The minimum absolute atomic E-state index is 0.0283. The lowest BCUT2D eigenvalue weighted by molar-refractivity contribution is -0.384. The fourth-order valence-electron chi connectivity index (χ4n) is 2.79. The van der Waals surface area contributed by atoms with Gasteiger partial charge in [0, 0.05) is 24.5 Å². The van der Waals surface area contributed by atoms with Crippen molar-refractivity contribution in [2.75, 3.05) is 0 Å². The van der Waals surface area contributed by atoms with E-state index in [0.29, 0.717) is 16.4 Å². The Kier molecular flexibility index (Phi) is 3.29. The largest absolute Gasteiger partial charge is 0.305 e. The summed E-state index contributed by atoms with van der Waals surface area (Å²) in [5, 5.41) is 11.4. The topological polar surface area (TPSA) is 97.8 Å². The average molecular weight is 357 g/mol. The Morgan fingerprint density at radius 1 is 1.08 bits per heavy atom. The number of carbonyl (C=O) groups excluding carboxylic acids is 2. The van der Waals surface area contributed by atoms with Crippen molar-refractivity contribution in [2.24, 2.45) is 0 Å². The summed E-state index contributed by atoms with van der Waals surface area (Å²) in [6.07, 6.45) is 3.34. The van der Waals surface area contributed by atoms with Crippen molar-refractivity contribution in [3.8, 4) is 0 Å². The molecule has 4 rings (SSSR count). The monoisotopic (exact) mass is 356 g/mol. The van der Waals surface area contributed by atoms with E-state index in [9.17, 15) is 19.7 Å². The quantitative estimate of drug-likeness (QED) is 0.408. The molecule has 0 aliphatic carbocycles. The van der Waals surface area contributed by atoms with Gasteiger partial charge >= 0.3 is 0 Å². The molecular formula is C16H9ClN4O4. The molecule has 0 saturated heterocycles. The number of nitro benzene ring substituents is 1. The molecule has 124 valence electrons. The molecule has 0 unspecified atom stereocenters. The first-order chi connectivity index (χ1) is 11.9. The summed E-state index contributed by atoms with van der Waals surface area (Å²) >= 11 is 5.92. The number of nitro groups is 1. The highest BCUT2D eigenvalue weighted by atomic mass is 35.5. The summed E-state index contributed by atoms with van der Waals surface area (Å²) in [6, 6.07) is 7.04. The summed E-state index contributed by atoms with van der Waals surface area (Å²) in [4.78, 5) is 40.6. The Morgan fingerprint density at radius 2 is 1.84 bits per heavy atom. The summed E-state index contributed by atoms with van der Waals surface area (Å²) in [5.41, 5.74) is 1.09. The van der Waals surface area contributed by atoms with Gasteiger partial charge in [0.25, 0.3) is 17.5 Å². The molecule has 2 amide bonds. The van der Waals surface area contributed by atoms with E-state index in [1.165, 1.54) is 12.1 Å². The van der Waals surface area contributed by atoms with Crippen molar-refractivity contribution in [1.82, 2.24) is 14.3 Å². The van der Waals surface area contributed by atoms with Crippen molar-refractivity contribution in [3.05, 3.63) is 74.7 Å². The van der Waals surface area contributed by atoms with Crippen LogP contribution in [0, 0.1) is 10.1 Å². The van der Waals surface area contributed by atoms with E-state index >= 15 is 0 Å². The van der Waals surface area contributed by atoms with Crippen LogP contribution in [-0.2, 0) is 6.54 Å². The highest BCUT2D eigenvalue weighted by molar-refractivity contribution is 6.30. The lowest BCUT2D eigenvalue weighted by Gasteiger charge is -2.11. The first kappa shape index (κ1) is 15.3. The van der Waals surface area contributed by atoms with E-state index in [1.54, 1.807) is 28.9 Å². The van der Waals surface area contributed by atoms with E-state index in [0.717, 1.165) is 11.0 Å². The molecule has 8 nitrogen and oxygen atoms in total. The molecule has 0 saturated carbocycles. The van der Waals surface area contributed by atoms with Gasteiger partial charge in [0.15, 0.2) is 0 Å². The van der Waals surface area contributed by atoms with Crippen molar-refractivity contribution in [2.45, 2.75) is 6.54 Å². The number of hydrogen-bond donors (Lipinski definition) is 0. The van der Waals surface area contributed by atoms with E-state index < -0.39 is 16.7 Å². The van der Waals surface area contributed by atoms with Gasteiger partial charge in [-0.05, 0) is 18.2 Å². The van der Waals surface area contributed by atoms with Crippen LogP contribution in [-0.4, -0.2) is 31.0 Å². The number of halogens is 1. The molecule has 1 aromatic carbocycles. The van der Waals surface area contributed by atoms with Crippen molar-refractivity contribution in [3.63, 3.8) is 0 Å². The van der Waals surface area contributed by atoms with Gasteiger partial charge in [0.1, 0.15) is 5.65 Å². The highest BCUT2D eigenvalue weighted by Crippen LogP contribution is 2.28. The van der Waals surface area contributed by atoms with Crippen LogP contribution < -0.4 is 0 Å². The van der Waals surface area contributed by atoms with Crippen LogP contribution >= 0.6 is 11.6 Å². The van der Waals surface area contributed by atoms with Gasteiger partial charge < -0.3 is 4.40 Å². The lowest BCUT2D eigenvalue weighted by atomic mass is 10.1. The lowest BCUT2D eigenvalue weighted by Crippen LogP contribution is -2.29. The van der Waals surface area contributed by atoms with Crippen LogP contribution in [0.3, 0.4) is 0 Å². The van der Waals surface area contributed by atoms with Gasteiger partial charge in [-0.15, -0.1) is 0 Å². The first-order valence-corrected chi connectivity index (χ1v) is 7.59. The maximum Gasteiger partial charge on any atom is 0.270 e. The van der Waals surface area contributed by atoms with Gasteiger partial charge in [-0.1, -0.05) is 11.6 Å². The van der Waals surface area contributed by atoms with Gasteiger partial charge in [0.2, 0.25) is 0 Å². The second-order valence-corrected chi connectivity index (χ2v) is 5.96. The Hall–Kier alpha value is -3.26. The van der Waals surface area contributed by atoms with E-state index in [2.05, 4.69) is 4.98 Å². The molecule has 2 aromatic heterocycles. The molecular weight excluding hydrogens is 348 g/mol. The fraction of sp³-hybridized carbons (Fsp3) is 0.0625. The van der Waals surface area contributed by atoms with Gasteiger partial charge in [-0.25, -0.2) is 4.98 Å². The van der Waals surface area contributed by atoms with Crippen LogP contribution in [0.15, 0.2) is 42.7 Å². The summed E-state index contributed by atoms with van der Waals surface area (Å²) in [5.74, 6) is -1.07. The maximum atomic E-state index is 12.5. The number of imide groups is 1. The van der Waals surface area contributed by atoms with E-state index in [-0.39, 0.29) is 23.4 Å². The van der Waals surface area contributed by atoms with Crippen molar-refractivity contribution >= 4 is 34.7 Å². The van der Waals surface area contributed by atoms with Crippen LogP contribution in [0.5, 0.6) is 0 Å². The normalized spacial score (nSPS) is 13.6. The zero-order chi connectivity index (χ0) is 17.7. The molecule has 1 aliphatic rings. The third kappa shape index (κ3) is 2.43. The number of non-ortho nitro benzene ring substituents is 1. The predicted octanol–water partition coefficient (Wildman–Crippen LogP) is 2.69. The number of hydrogen-bond acceptors (Lipinski definition) is 5. The molecule has 0 atom stereocenters. The fourth-order valence-corrected chi connectivity index (χ4v) is 2.96. The van der Waals surface area contributed by atoms with Crippen LogP contribution in [0.2, 0.25) is 5.02 Å². The predicted molar refractivity (Wildman–Crippen MR) is 87.5 cm³/mol. The minimum Gasteiger partial charge on any atom is -0.305 e. The SMILES string of the molecule is O=C1c2ccc([N+](=O)[O-])cc2C(=O)N1Cc1cn2cc(Cl)ccc2n1. The molecule has 0 N–H and O–H groups in total. The van der Waals surface area contributed by atoms with E-state index in [4.69, 9.17) is 11.6 Å². The molecule has 9 heteroatoms. The summed E-state index contributed by atoms with van der Waals surface area (Å²) in [6.45, 7) is -0.0283. The molecule has 25 heavy (non-hydrogen) atoms. The second kappa shape index (κ2) is 5.38. The number of fused-ring (bicyclic) bond motifs is 2. The molecule has 0 bridgehead atoms. The number of nitrogens with zero attached hydrogens (tertiary/aromatic N) is 4. The Balaban J connectivity index is 1.67. The first-order valence-electron chi connectivity index (χ1n) is 7.22. The van der Waals surface area contributed by atoms with Crippen LogP contribution in [0.4, 0.5) is 5.69 Å². The zero-order valence-corrected chi connectivity index (χ0v) is 13.3. The number of pyridine rings is 1. The standard InChI is InChI=1S/C16H9ClN4O4/c17-9-1-4-14-18-10(7-19(14)6-9)8-20-15(22)12-3-2-11(21(24)25)5-13(12)16(20)23/h1-7H,8H2. The summed E-state index contributed by atoms with van der Waals surface area (Å²) in [7, 11) is 0. The zero-order valence-electron chi connectivity index (χ0n) is 12.5. The maximum absolute atomic E-state index is 12.5. The molecule has 0 radical (unpaired) electrons. The second-order valence-electron chi connectivity index (χ2n) is 5.53. The number of imidazole rings is 1. The van der Waals surface area contributed by atoms with Crippen molar-refractivity contribution < 1.29 is 14.5 Å².